The van der Waals surface area contributed by atoms with Crippen molar-refractivity contribution in [1.82, 2.24) is 10.3 Å². The van der Waals surface area contributed by atoms with Gasteiger partial charge in [0.15, 0.2) is 0 Å². The second-order valence-electron chi connectivity index (χ2n) is 5.01. The summed E-state index contributed by atoms with van der Waals surface area (Å²) in [6.07, 6.45) is 3.93. The summed E-state index contributed by atoms with van der Waals surface area (Å²) in [5.74, 6) is 0.753. The van der Waals surface area contributed by atoms with Gasteiger partial charge in [0.1, 0.15) is 0 Å². The molecule has 1 fully saturated rings. The highest BCUT2D eigenvalue weighted by Gasteiger charge is 2.21. The summed E-state index contributed by atoms with van der Waals surface area (Å²) in [5.41, 5.74) is 2.20. The fourth-order valence-corrected chi connectivity index (χ4v) is 1.79. The highest BCUT2D eigenvalue weighted by molar-refractivity contribution is 5.17. The molecule has 2 N–H and O–H groups in total. The maximum atomic E-state index is 9.73. The first kappa shape index (κ1) is 13.5. The molecule has 18 heavy (non-hydrogen) atoms. The molecule has 1 aliphatic carbocycles. The smallest absolute Gasteiger partial charge is 0.0897 e. The third-order valence-electron chi connectivity index (χ3n) is 3.17. The molecule has 1 unspecified atom stereocenters. The Bertz CT molecular complexity index is 367. The van der Waals surface area contributed by atoms with Crippen LogP contribution in [0.1, 0.15) is 24.1 Å². The second kappa shape index (κ2) is 6.83. The molecule has 1 saturated carbocycles. The quantitative estimate of drug-likeness (QED) is 0.729. The minimum Gasteiger partial charge on any atom is -0.389 e. The maximum absolute atomic E-state index is 9.73. The average Bonchev–Trinajstić information content (AvgIpc) is 3.16. The molecule has 4 nitrogen and oxygen atoms in total. The van der Waals surface area contributed by atoms with Crippen molar-refractivity contribution in [1.29, 1.82) is 0 Å². The molecular weight excluding hydrogens is 228 g/mol. The summed E-state index contributed by atoms with van der Waals surface area (Å²) in [7, 11) is 0. The van der Waals surface area contributed by atoms with Crippen molar-refractivity contribution in [3.8, 4) is 0 Å². The van der Waals surface area contributed by atoms with Crippen LogP contribution in [0.4, 0.5) is 0 Å². The van der Waals surface area contributed by atoms with Crippen molar-refractivity contribution < 1.29 is 9.84 Å². The van der Waals surface area contributed by atoms with Gasteiger partial charge in [-0.2, -0.15) is 0 Å². The zero-order valence-electron chi connectivity index (χ0n) is 10.9. The number of hydrogen-bond donors (Lipinski definition) is 2. The van der Waals surface area contributed by atoms with Gasteiger partial charge in [-0.25, -0.2) is 0 Å². The van der Waals surface area contributed by atoms with Crippen molar-refractivity contribution in [3.63, 3.8) is 0 Å². The summed E-state index contributed by atoms with van der Waals surface area (Å²) >= 11 is 0. The lowest BCUT2D eigenvalue weighted by Gasteiger charge is -2.12. The van der Waals surface area contributed by atoms with Crippen LogP contribution in [0.5, 0.6) is 0 Å². The zero-order valence-corrected chi connectivity index (χ0v) is 10.9. The van der Waals surface area contributed by atoms with E-state index in [0.29, 0.717) is 13.2 Å². The van der Waals surface area contributed by atoms with E-state index in [2.05, 4.69) is 10.3 Å². The minimum absolute atomic E-state index is 0.426. The highest BCUT2D eigenvalue weighted by Crippen LogP contribution is 2.28. The number of aliphatic hydroxyl groups is 1. The highest BCUT2D eigenvalue weighted by atomic mass is 16.5. The standard InChI is InChI=1S/C14H22N2O2/c1-11-13(3-2-6-16-11)7-15-8-14(17)10-18-9-12-4-5-12/h2-3,6,12,14-15,17H,4-5,7-10H2,1H3. The molecule has 0 radical (unpaired) electrons. The number of pyridine rings is 1. The van der Waals surface area contributed by atoms with Gasteiger partial charge in [-0.1, -0.05) is 6.07 Å². The number of nitrogens with one attached hydrogen (secondary N) is 1. The van der Waals surface area contributed by atoms with Crippen molar-refractivity contribution in [3.05, 3.63) is 29.6 Å². The number of hydrogen-bond acceptors (Lipinski definition) is 4. The van der Waals surface area contributed by atoms with Crippen LogP contribution < -0.4 is 5.32 Å². The van der Waals surface area contributed by atoms with Crippen molar-refractivity contribution in [2.75, 3.05) is 19.8 Å². The van der Waals surface area contributed by atoms with Crippen LogP contribution in [0.25, 0.3) is 0 Å². The van der Waals surface area contributed by atoms with Crippen LogP contribution in [0.2, 0.25) is 0 Å². The molecule has 1 aliphatic rings. The van der Waals surface area contributed by atoms with Gasteiger partial charge in [-0.3, -0.25) is 4.98 Å². The molecule has 1 aromatic rings. The van der Waals surface area contributed by atoms with Crippen LogP contribution in [-0.2, 0) is 11.3 Å². The normalized spacial score (nSPS) is 16.8. The van der Waals surface area contributed by atoms with Crippen LogP contribution >= 0.6 is 0 Å². The van der Waals surface area contributed by atoms with Crippen molar-refractivity contribution >= 4 is 0 Å². The van der Waals surface area contributed by atoms with Crippen LogP contribution in [-0.4, -0.2) is 36.0 Å². The third kappa shape index (κ3) is 4.72. The van der Waals surface area contributed by atoms with Crippen LogP contribution in [0, 0.1) is 12.8 Å². The van der Waals surface area contributed by atoms with Gasteiger partial charge in [0.05, 0.1) is 12.7 Å². The summed E-state index contributed by atoms with van der Waals surface area (Å²) in [5, 5.41) is 13.0. The average molecular weight is 250 g/mol. The van der Waals surface area contributed by atoms with E-state index in [9.17, 15) is 5.11 Å². The lowest BCUT2D eigenvalue weighted by molar-refractivity contribution is 0.0324. The first-order valence-electron chi connectivity index (χ1n) is 6.62. The lowest BCUT2D eigenvalue weighted by Crippen LogP contribution is -2.30. The van der Waals surface area contributed by atoms with Gasteiger partial charge in [-0.15, -0.1) is 0 Å². The molecule has 0 saturated heterocycles. The number of aryl methyl sites for hydroxylation is 1. The van der Waals surface area contributed by atoms with E-state index in [1.54, 1.807) is 6.20 Å². The Balaban J connectivity index is 1.57. The number of rotatable bonds is 8. The Morgan fingerprint density at radius 3 is 3.11 bits per heavy atom. The molecule has 0 amide bonds. The summed E-state index contributed by atoms with van der Waals surface area (Å²) in [6, 6.07) is 3.98. The zero-order chi connectivity index (χ0) is 12.8. The molecule has 4 heteroatoms. The van der Waals surface area contributed by atoms with Crippen LogP contribution in [0.15, 0.2) is 18.3 Å². The van der Waals surface area contributed by atoms with Crippen molar-refractivity contribution in [2.45, 2.75) is 32.4 Å². The molecule has 0 spiro atoms. The molecule has 0 aromatic carbocycles. The second-order valence-corrected chi connectivity index (χ2v) is 5.01. The third-order valence-corrected chi connectivity index (χ3v) is 3.17. The summed E-state index contributed by atoms with van der Waals surface area (Å²) < 4.78 is 5.44. The Kier molecular flexibility index (Phi) is 5.11. The topological polar surface area (TPSA) is 54.4 Å². The monoisotopic (exact) mass is 250 g/mol. The molecule has 0 aliphatic heterocycles. The Morgan fingerprint density at radius 1 is 1.56 bits per heavy atom. The number of nitrogens with zero attached hydrogens (tertiary/aromatic N) is 1. The van der Waals surface area contributed by atoms with Gasteiger partial charge in [0.25, 0.3) is 0 Å². The summed E-state index contributed by atoms with van der Waals surface area (Å²) in [4.78, 5) is 4.23. The van der Waals surface area contributed by atoms with Crippen molar-refractivity contribution in [2.24, 2.45) is 5.92 Å². The van der Waals surface area contributed by atoms with Gasteiger partial charge in [0, 0.05) is 31.6 Å². The minimum atomic E-state index is -0.430. The number of ether oxygens (including phenoxy) is 1. The number of aliphatic hydroxyl groups excluding tert-OH is 1. The van der Waals surface area contributed by atoms with Gasteiger partial charge in [0.2, 0.25) is 0 Å². The largest absolute Gasteiger partial charge is 0.389 e. The molecular formula is C14H22N2O2. The van der Waals surface area contributed by atoms with E-state index in [-0.39, 0.29) is 0 Å². The summed E-state index contributed by atoms with van der Waals surface area (Å²) in [6.45, 7) is 4.51. The van der Waals surface area contributed by atoms with E-state index in [1.165, 1.54) is 18.4 Å². The molecule has 1 aromatic heterocycles. The van der Waals surface area contributed by atoms with Gasteiger partial charge >= 0.3 is 0 Å². The molecule has 1 atom stereocenters. The van der Waals surface area contributed by atoms with Gasteiger partial charge in [-0.05, 0) is 37.3 Å². The predicted molar refractivity (Wildman–Crippen MR) is 70.2 cm³/mol. The molecule has 2 rings (SSSR count). The Morgan fingerprint density at radius 2 is 2.39 bits per heavy atom. The van der Waals surface area contributed by atoms with E-state index in [1.807, 2.05) is 19.1 Å². The van der Waals surface area contributed by atoms with E-state index in [0.717, 1.165) is 24.8 Å². The fraction of sp³-hybridized carbons (Fsp3) is 0.643. The fourth-order valence-electron chi connectivity index (χ4n) is 1.79. The Hall–Kier alpha value is -0.970. The molecule has 1 heterocycles. The van der Waals surface area contributed by atoms with E-state index in [4.69, 9.17) is 4.74 Å². The number of aromatic nitrogens is 1. The predicted octanol–water partition coefficient (Wildman–Crippen LogP) is 1.27. The van der Waals surface area contributed by atoms with E-state index >= 15 is 0 Å². The lowest BCUT2D eigenvalue weighted by atomic mass is 10.2. The van der Waals surface area contributed by atoms with Gasteiger partial charge < -0.3 is 15.2 Å². The first-order chi connectivity index (χ1) is 8.75. The first-order valence-corrected chi connectivity index (χ1v) is 6.62. The van der Waals surface area contributed by atoms with Crippen LogP contribution in [0.3, 0.4) is 0 Å². The maximum Gasteiger partial charge on any atom is 0.0897 e. The Labute approximate surface area is 108 Å². The van der Waals surface area contributed by atoms with E-state index < -0.39 is 6.10 Å². The molecule has 0 bridgehead atoms. The SMILES string of the molecule is Cc1ncccc1CNCC(O)COCC1CC1. The molecule has 100 valence electrons.